The summed E-state index contributed by atoms with van der Waals surface area (Å²) in [6.45, 7) is 6.83. The van der Waals surface area contributed by atoms with Crippen LogP contribution in [0.25, 0.3) is 33.2 Å². The summed E-state index contributed by atoms with van der Waals surface area (Å²) < 4.78 is 0. The summed E-state index contributed by atoms with van der Waals surface area (Å²) in [5, 5.41) is 2.77. The average molecular weight is 432 g/mol. The zero-order valence-electron chi connectivity index (χ0n) is 20.1. The Morgan fingerprint density at radius 3 is 2.45 bits per heavy atom. The van der Waals surface area contributed by atoms with E-state index in [-0.39, 0.29) is 0 Å². The van der Waals surface area contributed by atoms with E-state index in [2.05, 4.69) is 81.4 Å². The fraction of sp³-hybridized carbons (Fsp3) is 0.344. The van der Waals surface area contributed by atoms with E-state index in [1.165, 1.54) is 81.2 Å². The lowest BCUT2D eigenvalue weighted by Gasteiger charge is -2.19. The van der Waals surface area contributed by atoms with Gasteiger partial charge in [0.1, 0.15) is 0 Å². The van der Waals surface area contributed by atoms with E-state index in [1.807, 2.05) is 0 Å². The molecule has 1 heteroatoms. The Morgan fingerprint density at radius 1 is 0.848 bits per heavy atom. The third-order valence-corrected chi connectivity index (χ3v) is 7.70. The van der Waals surface area contributed by atoms with Crippen LogP contribution < -0.4 is 0 Å². The lowest BCUT2D eigenvalue weighted by molar-refractivity contribution is 0.636. The molecule has 0 N–H and O–H groups in total. The van der Waals surface area contributed by atoms with Gasteiger partial charge in [-0.1, -0.05) is 75.2 Å². The maximum atomic E-state index is 5.36. The van der Waals surface area contributed by atoms with Crippen LogP contribution in [0.4, 0.5) is 0 Å². The molecule has 0 saturated heterocycles. The number of aryl methyl sites for hydroxylation is 1. The average Bonchev–Trinajstić information content (AvgIpc) is 3.46. The van der Waals surface area contributed by atoms with E-state index in [9.17, 15) is 0 Å². The molecule has 33 heavy (non-hydrogen) atoms. The van der Waals surface area contributed by atoms with E-state index >= 15 is 0 Å². The van der Waals surface area contributed by atoms with Gasteiger partial charge < -0.3 is 0 Å². The maximum Gasteiger partial charge on any atom is 0.0786 e. The van der Waals surface area contributed by atoms with Crippen LogP contribution in [0.5, 0.6) is 0 Å². The van der Waals surface area contributed by atoms with Crippen molar-refractivity contribution in [2.45, 2.75) is 65.2 Å². The van der Waals surface area contributed by atoms with Crippen LogP contribution >= 0.6 is 0 Å². The molecular weight excluding hydrogens is 398 g/mol. The first-order chi connectivity index (χ1) is 16.1. The predicted molar refractivity (Wildman–Crippen MR) is 140 cm³/mol. The minimum Gasteiger partial charge on any atom is -0.252 e. The molecule has 1 aromatic heterocycles. The van der Waals surface area contributed by atoms with Crippen molar-refractivity contribution in [3.63, 3.8) is 0 Å². The highest BCUT2D eigenvalue weighted by Crippen LogP contribution is 2.45. The molecule has 2 aliphatic rings. The third kappa shape index (κ3) is 3.59. The summed E-state index contributed by atoms with van der Waals surface area (Å²) in [5.74, 6) is 1.29. The number of fused-ring (bicyclic) bond motifs is 4. The molecule has 0 atom stereocenters. The normalized spacial score (nSPS) is 15.4. The lowest BCUT2D eigenvalue weighted by Crippen LogP contribution is -2.03. The van der Waals surface area contributed by atoms with Crippen molar-refractivity contribution in [1.29, 1.82) is 0 Å². The van der Waals surface area contributed by atoms with E-state index in [0.717, 1.165) is 12.8 Å². The number of nitrogens with zero attached hydrogens (tertiary/aromatic N) is 1. The predicted octanol–water partition coefficient (Wildman–Crippen LogP) is 8.64. The molecule has 0 amide bonds. The Kier molecular flexibility index (Phi) is 5.09. The number of rotatable bonds is 4. The van der Waals surface area contributed by atoms with Gasteiger partial charge in [0.2, 0.25) is 0 Å². The summed E-state index contributed by atoms with van der Waals surface area (Å²) in [6.07, 6.45) is 7.40. The summed E-state index contributed by atoms with van der Waals surface area (Å²) in [4.78, 5) is 5.36. The largest absolute Gasteiger partial charge is 0.252 e. The zero-order chi connectivity index (χ0) is 22.5. The molecule has 1 nitrogen and oxygen atoms in total. The first kappa shape index (κ1) is 20.7. The van der Waals surface area contributed by atoms with Crippen LogP contribution in [0.3, 0.4) is 0 Å². The van der Waals surface area contributed by atoms with E-state index < -0.39 is 0 Å². The van der Waals surface area contributed by atoms with Crippen molar-refractivity contribution in [1.82, 2.24) is 4.98 Å². The smallest absolute Gasteiger partial charge is 0.0786 e. The molecule has 0 bridgehead atoms. The molecule has 0 aliphatic heterocycles. The van der Waals surface area contributed by atoms with Crippen molar-refractivity contribution in [3.05, 3.63) is 88.6 Å². The van der Waals surface area contributed by atoms with Gasteiger partial charge in [-0.15, -0.1) is 0 Å². The molecule has 0 unspecified atom stereocenters. The highest BCUT2D eigenvalue weighted by atomic mass is 14.7. The van der Waals surface area contributed by atoms with Crippen molar-refractivity contribution < 1.29 is 0 Å². The molecule has 6 rings (SSSR count). The van der Waals surface area contributed by atoms with Crippen LogP contribution in [0.2, 0.25) is 0 Å². The van der Waals surface area contributed by atoms with Crippen molar-refractivity contribution in [2.75, 3.05) is 0 Å². The minimum absolute atomic E-state index is 0.592. The Hall–Kier alpha value is -2.93. The first-order valence-electron chi connectivity index (χ1n) is 12.7. The second kappa shape index (κ2) is 8.13. The summed E-state index contributed by atoms with van der Waals surface area (Å²) in [7, 11) is 0. The van der Waals surface area contributed by atoms with Gasteiger partial charge in [0.15, 0.2) is 0 Å². The molecule has 1 fully saturated rings. The number of aromatic nitrogens is 1. The molecule has 166 valence electrons. The molecule has 1 heterocycles. The number of benzene rings is 3. The highest BCUT2D eigenvalue weighted by molar-refractivity contribution is 5.99. The maximum absolute atomic E-state index is 5.36. The molecule has 0 spiro atoms. The SMILES string of the molecule is Cc1cc2c(c(-c3nc(CC(C)C)cc4c(C5CCCC5)cccc34)c1)Cc1ccccc1-2. The van der Waals surface area contributed by atoms with Crippen molar-refractivity contribution >= 4 is 10.8 Å². The molecule has 4 aromatic rings. The van der Waals surface area contributed by atoms with E-state index in [0.29, 0.717) is 11.8 Å². The van der Waals surface area contributed by atoms with E-state index in [1.54, 1.807) is 5.56 Å². The molecule has 3 aromatic carbocycles. The fourth-order valence-electron chi connectivity index (χ4n) is 6.26. The Morgan fingerprint density at radius 2 is 1.64 bits per heavy atom. The topological polar surface area (TPSA) is 12.9 Å². The quantitative estimate of drug-likeness (QED) is 0.277. The number of hydrogen-bond donors (Lipinski definition) is 0. The summed E-state index contributed by atoms with van der Waals surface area (Å²) in [6, 6.07) is 23.0. The molecule has 1 saturated carbocycles. The van der Waals surface area contributed by atoms with Gasteiger partial charge >= 0.3 is 0 Å². The van der Waals surface area contributed by atoms with Crippen LogP contribution in [0.15, 0.2) is 60.7 Å². The standard InChI is InChI=1S/C32H33N/c1-20(2)15-24-19-30-25(22-9-4-5-10-22)13-8-14-27(30)32(33-24)31-17-21(3)16-28-26-12-7-6-11-23(26)18-29(28)31/h6-8,11-14,16-17,19-20,22H,4-5,9-10,15,18H2,1-3H3. The fourth-order valence-corrected chi connectivity index (χ4v) is 6.26. The number of pyridine rings is 1. The minimum atomic E-state index is 0.592. The van der Waals surface area contributed by atoms with Gasteiger partial charge in [0, 0.05) is 16.6 Å². The van der Waals surface area contributed by atoms with Gasteiger partial charge in [0.25, 0.3) is 0 Å². The van der Waals surface area contributed by atoms with Gasteiger partial charge in [-0.25, -0.2) is 0 Å². The van der Waals surface area contributed by atoms with Crippen LogP contribution in [0, 0.1) is 12.8 Å². The van der Waals surface area contributed by atoms with E-state index in [4.69, 9.17) is 4.98 Å². The Labute approximate surface area is 197 Å². The summed E-state index contributed by atoms with van der Waals surface area (Å²) >= 11 is 0. The molecule has 0 radical (unpaired) electrons. The van der Waals surface area contributed by atoms with Gasteiger partial charge in [-0.3, -0.25) is 4.98 Å². The highest BCUT2D eigenvalue weighted by Gasteiger charge is 2.25. The second-order valence-corrected chi connectivity index (χ2v) is 10.7. The van der Waals surface area contributed by atoms with Gasteiger partial charge in [0.05, 0.1) is 5.69 Å². The van der Waals surface area contributed by atoms with Gasteiger partial charge in [-0.2, -0.15) is 0 Å². The number of hydrogen-bond acceptors (Lipinski definition) is 1. The van der Waals surface area contributed by atoms with Crippen LogP contribution in [-0.4, -0.2) is 4.98 Å². The zero-order valence-corrected chi connectivity index (χ0v) is 20.1. The summed E-state index contributed by atoms with van der Waals surface area (Å²) in [5.41, 5.74) is 12.3. The lowest BCUT2D eigenvalue weighted by atomic mass is 9.88. The second-order valence-electron chi connectivity index (χ2n) is 10.7. The Balaban J connectivity index is 1.62. The van der Waals surface area contributed by atoms with Gasteiger partial charge in [-0.05, 0) is 95.3 Å². The van der Waals surface area contributed by atoms with Crippen LogP contribution in [-0.2, 0) is 12.8 Å². The Bertz CT molecular complexity index is 1350. The monoisotopic (exact) mass is 431 g/mol. The third-order valence-electron chi connectivity index (χ3n) is 7.70. The molecule has 2 aliphatic carbocycles. The van der Waals surface area contributed by atoms with Crippen molar-refractivity contribution in [2.24, 2.45) is 5.92 Å². The van der Waals surface area contributed by atoms with Crippen LogP contribution in [0.1, 0.15) is 73.4 Å². The first-order valence-corrected chi connectivity index (χ1v) is 12.7. The van der Waals surface area contributed by atoms with Crippen molar-refractivity contribution in [3.8, 4) is 22.4 Å². The molecular formula is C32H33N.